The lowest BCUT2D eigenvalue weighted by atomic mass is 9.76. The number of carbonyl (C=O) groups excluding carboxylic acids is 1. The SMILES string of the molecule is C=CC.CC.CC1C(C)(C)CC2C[C@]21C.CC=O.COc1cccc2c(C)c(C)n(CCN3CCOCC3)c12. The number of fused-ring (bicyclic) bond motifs is 2. The summed E-state index contributed by atoms with van der Waals surface area (Å²) < 4.78 is 13.4. The first-order valence-electron chi connectivity index (χ1n) is 14.9. The Morgan fingerprint density at radius 2 is 1.64 bits per heavy atom. The second-order valence-corrected chi connectivity index (χ2v) is 11.6. The smallest absolute Gasteiger partial charge is 0.143 e. The summed E-state index contributed by atoms with van der Waals surface area (Å²) in [6, 6.07) is 6.30. The first kappa shape index (κ1) is 34.9. The van der Waals surface area contributed by atoms with Crippen LogP contribution >= 0.6 is 0 Å². The van der Waals surface area contributed by atoms with E-state index in [4.69, 9.17) is 14.3 Å². The van der Waals surface area contributed by atoms with Gasteiger partial charge in [0.25, 0.3) is 0 Å². The molecule has 1 aromatic heterocycles. The number of aldehydes is 1. The summed E-state index contributed by atoms with van der Waals surface area (Å²) in [7, 11) is 1.75. The number of aryl methyl sites for hydroxylation is 1. The summed E-state index contributed by atoms with van der Waals surface area (Å²) in [6.45, 7) is 30.7. The van der Waals surface area contributed by atoms with Crippen LogP contribution in [0.4, 0.5) is 0 Å². The van der Waals surface area contributed by atoms with Crippen molar-refractivity contribution in [1.82, 2.24) is 9.47 Å². The summed E-state index contributed by atoms with van der Waals surface area (Å²) in [5.41, 5.74) is 5.30. The number of morpholine rings is 1. The van der Waals surface area contributed by atoms with E-state index >= 15 is 0 Å². The molecule has 0 radical (unpaired) electrons. The molecular formula is C34H58N2O3. The Hall–Kier alpha value is -2.11. The number of para-hydroxylation sites is 1. The highest BCUT2D eigenvalue weighted by molar-refractivity contribution is 5.90. The van der Waals surface area contributed by atoms with Crippen molar-refractivity contribution < 1.29 is 14.3 Å². The monoisotopic (exact) mass is 542 g/mol. The van der Waals surface area contributed by atoms with Crippen LogP contribution in [-0.2, 0) is 16.1 Å². The Balaban J connectivity index is 0.000000350. The molecule has 0 spiro atoms. The van der Waals surface area contributed by atoms with Gasteiger partial charge in [0, 0.05) is 37.3 Å². The molecule has 5 rings (SSSR count). The number of benzene rings is 1. The Labute approximate surface area is 239 Å². The van der Waals surface area contributed by atoms with Gasteiger partial charge in [0.2, 0.25) is 0 Å². The van der Waals surface area contributed by atoms with Gasteiger partial charge in [0.1, 0.15) is 12.0 Å². The van der Waals surface area contributed by atoms with E-state index in [0.29, 0.717) is 5.41 Å². The molecule has 2 heterocycles. The van der Waals surface area contributed by atoms with E-state index in [0.717, 1.165) is 68.7 Å². The second kappa shape index (κ2) is 16.2. The lowest BCUT2D eigenvalue weighted by molar-refractivity contribution is -0.106. The normalized spacial score (nSPS) is 24.2. The van der Waals surface area contributed by atoms with Gasteiger partial charge in [0.05, 0.1) is 25.8 Å². The molecule has 3 atom stereocenters. The largest absolute Gasteiger partial charge is 0.495 e. The number of methoxy groups -OCH3 is 1. The number of rotatable bonds is 4. The van der Waals surface area contributed by atoms with Crippen molar-refractivity contribution in [3.63, 3.8) is 0 Å². The summed E-state index contributed by atoms with van der Waals surface area (Å²) in [5, 5.41) is 1.30. The fourth-order valence-corrected chi connectivity index (χ4v) is 6.19. The second-order valence-electron chi connectivity index (χ2n) is 11.6. The van der Waals surface area contributed by atoms with E-state index in [9.17, 15) is 0 Å². The lowest BCUT2D eigenvalue weighted by Crippen LogP contribution is -2.38. The maximum atomic E-state index is 8.81. The topological polar surface area (TPSA) is 43.7 Å². The molecule has 5 heteroatoms. The van der Waals surface area contributed by atoms with Crippen LogP contribution in [0.1, 0.15) is 79.5 Å². The molecule has 0 N–H and O–H groups in total. The molecule has 39 heavy (non-hydrogen) atoms. The molecule has 2 aliphatic carbocycles. The third-order valence-electron chi connectivity index (χ3n) is 8.98. The van der Waals surface area contributed by atoms with Crippen molar-refractivity contribution in [2.75, 3.05) is 40.0 Å². The molecule has 0 bridgehead atoms. The molecule has 3 aliphatic rings. The minimum absolute atomic E-state index is 0.637. The van der Waals surface area contributed by atoms with Gasteiger partial charge in [0.15, 0.2) is 0 Å². The Bertz CT molecular complexity index is 1010. The van der Waals surface area contributed by atoms with Gasteiger partial charge >= 0.3 is 0 Å². The summed E-state index contributed by atoms with van der Waals surface area (Å²) in [5.74, 6) is 2.99. The molecule has 1 aromatic carbocycles. The van der Waals surface area contributed by atoms with Gasteiger partial charge < -0.3 is 18.8 Å². The van der Waals surface area contributed by atoms with Crippen molar-refractivity contribution >= 4 is 17.2 Å². The van der Waals surface area contributed by atoms with Crippen LogP contribution in [0.3, 0.4) is 0 Å². The number of carbonyl (C=O) groups is 1. The first-order chi connectivity index (χ1) is 18.5. The maximum Gasteiger partial charge on any atom is 0.143 e. The zero-order valence-corrected chi connectivity index (χ0v) is 27.0. The minimum Gasteiger partial charge on any atom is -0.495 e. The van der Waals surface area contributed by atoms with E-state index < -0.39 is 0 Å². The van der Waals surface area contributed by atoms with Gasteiger partial charge in [-0.15, -0.1) is 6.58 Å². The zero-order chi connectivity index (χ0) is 29.8. The van der Waals surface area contributed by atoms with Crippen molar-refractivity contribution in [3.05, 3.63) is 42.1 Å². The van der Waals surface area contributed by atoms with Crippen LogP contribution in [-0.4, -0.2) is 55.7 Å². The van der Waals surface area contributed by atoms with Crippen molar-refractivity contribution in [3.8, 4) is 5.75 Å². The molecule has 2 saturated carbocycles. The fraction of sp³-hybridized carbons (Fsp3) is 0.676. The van der Waals surface area contributed by atoms with E-state index in [-0.39, 0.29) is 0 Å². The number of nitrogens with zero attached hydrogens (tertiary/aromatic N) is 2. The third-order valence-corrected chi connectivity index (χ3v) is 8.98. The molecule has 0 amide bonds. The number of allylic oxidation sites excluding steroid dienone is 1. The van der Waals surface area contributed by atoms with Crippen molar-refractivity contribution in [1.29, 1.82) is 0 Å². The molecule has 2 aromatic rings. The molecular weight excluding hydrogens is 484 g/mol. The molecule has 222 valence electrons. The maximum absolute atomic E-state index is 8.81. The average Bonchev–Trinajstić information content (AvgIpc) is 3.45. The quantitative estimate of drug-likeness (QED) is 0.289. The Morgan fingerprint density at radius 1 is 1.08 bits per heavy atom. The number of ether oxygens (including phenoxy) is 2. The third kappa shape index (κ3) is 8.69. The van der Waals surface area contributed by atoms with Crippen LogP contribution < -0.4 is 4.74 Å². The summed E-state index contributed by atoms with van der Waals surface area (Å²) in [6.07, 6.45) is 5.49. The summed E-state index contributed by atoms with van der Waals surface area (Å²) in [4.78, 5) is 11.3. The number of aromatic nitrogens is 1. The Morgan fingerprint density at radius 3 is 2.08 bits per heavy atom. The summed E-state index contributed by atoms with van der Waals surface area (Å²) >= 11 is 0. The molecule has 1 saturated heterocycles. The first-order valence-corrected chi connectivity index (χ1v) is 14.9. The highest BCUT2D eigenvalue weighted by Gasteiger charge is 2.63. The van der Waals surface area contributed by atoms with Gasteiger partial charge in [-0.1, -0.05) is 59.8 Å². The van der Waals surface area contributed by atoms with Crippen LogP contribution in [0.25, 0.3) is 10.9 Å². The number of hydrogen-bond donors (Lipinski definition) is 0. The van der Waals surface area contributed by atoms with Crippen LogP contribution in [0.15, 0.2) is 30.9 Å². The molecule has 5 nitrogen and oxygen atoms in total. The van der Waals surface area contributed by atoms with Crippen molar-refractivity contribution in [2.45, 2.75) is 88.6 Å². The molecule has 1 aliphatic heterocycles. The predicted octanol–water partition coefficient (Wildman–Crippen LogP) is 8.10. The van der Waals surface area contributed by atoms with E-state index in [2.05, 4.69) is 69.7 Å². The van der Waals surface area contributed by atoms with Gasteiger partial charge in [-0.2, -0.15) is 0 Å². The van der Waals surface area contributed by atoms with Crippen molar-refractivity contribution in [2.24, 2.45) is 22.7 Å². The average molecular weight is 543 g/mol. The molecule has 3 fully saturated rings. The van der Waals surface area contributed by atoms with E-state index in [1.807, 2.05) is 26.8 Å². The van der Waals surface area contributed by atoms with E-state index in [1.165, 1.54) is 41.9 Å². The Kier molecular flexibility index (Phi) is 14.5. The van der Waals surface area contributed by atoms with E-state index in [1.54, 1.807) is 13.2 Å². The lowest BCUT2D eigenvalue weighted by Gasteiger charge is -2.29. The van der Waals surface area contributed by atoms with Gasteiger partial charge in [-0.3, -0.25) is 4.90 Å². The zero-order valence-electron chi connectivity index (χ0n) is 27.0. The minimum atomic E-state index is 0.637. The molecule has 2 unspecified atom stereocenters. The number of hydrogen-bond acceptors (Lipinski definition) is 4. The highest BCUT2D eigenvalue weighted by atomic mass is 16.5. The van der Waals surface area contributed by atoms with Crippen LogP contribution in [0.5, 0.6) is 5.75 Å². The van der Waals surface area contributed by atoms with Gasteiger partial charge in [-0.25, -0.2) is 0 Å². The standard InChI is InChI=1S/C17H24N2O2.C10H18.C3H6.C2H4O.C2H6/c1-13-14(2)19(8-7-18-9-11-21-12-10-18)17-15(13)5-4-6-16(17)20-3;1-7-9(2,3)5-8-6-10(7,8)4;1-3-2;1-2-3;1-2/h4-6H,7-12H2,1-3H3;7-8H,5-6H2,1-4H3;3H,1H2,2H3;2H,1H3;1-2H3/t;7?,8?,10-;;;/m.0.../s1. The van der Waals surface area contributed by atoms with Crippen LogP contribution in [0.2, 0.25) is 0 Å². The van der Waals surface area contributed by atoms with Gasteiger partial charge in [-0.05, 0) is 74.8 Å². The predicted molar refractivity (Wildman–Crippen MR) is 168 cm³/mol. The fourth-order valence-electron chi connectivity index (χ4n) is 6.19. The highest BCUT2D eigenvalue weighted by Crippen LogP contribution is 2.71. The van der Waals surface area contributed by atoms with Crippen LogP contribution in [0, 0.1) is 36.5 Å².